The third-order valence-electron chi connectivity index (χ3n) is 4.82. The highest BCUT2D eigenvalue weighted by atomic mass is 35.5. The molecule has 0 aliphatic carbocycles. The minimum atomic E-state index is -3.76. The molecule has 12 heteroatoms. The summed E-state index contributed by atoms with van der Waals surface area (Å²) in [6.07, 6.45) is 2.76. The number of amides is 1. The number of halogens is 2. The summed E-state index contributed by atoms with van der Waals surface area (Å²) in [6.45, 7) is 1.27. The van der Waals surface area contributed by atoms with E-state index < -0.39 is 28.0 Å². The number of hydrogen-bond donors (Lipinski definition) is 0. The van der Waals surface area contributed by atoms with Crippen molar-refractivity contribution in [1.29, 1.82) is 0 Å². The third-order valence-corrected chi connectivity index (χ3v) is 7.52. The largest absolute Gasteiger partial charge is 0.305 e. The van der Waals surface area contributed by atoms with Crippen molar-refractivity contribution in [2.24, 2.45) is 0 Å². The summed E-state index contributed by atoms with van der Waals surface area (Å²) >= 11 is 11.7. The van der Waals surface area contributed by atoms with E-state index in [1.807, 2.05) is 0 Å². The van der Waals surface area contributed by atoms with E-state index in [0.717, 1.165) is 8.99 Å². The van der Waals surface area contributed by atoms with Crippen LogP contribution in [0.3, 0.4) is 0 Å². The molecule has 1 aromatic carbocycles. The number of pyridine rings is 1. The molecular formula is C21H21Cl2N5O4S. The second kappa shape index (κ2) is 10.0. The van der Waals surface area contributed by atoms with Gasteiger partial charge in [-0.3, -0.25) is 14.6 Å². The van der Waals surface area contributed by atoms with Crippen LogP contribution in [0.5, 0.6) is 0 Å². The Morgan fingerprint density at radius 2 is 1.88 bits per heavy atom. The maximum absolute atomic E-state index is 13.3. The number of aromatic nitrogens is 3. The summed E-state index contributed by atoms with van der Waals surface area (Å²) in [5, 5.41) is 3.61. The summed E-state index contributed by atoms with van der Waals surface area (Å²) in [5.41, 5.74) is 0.706. The molecule has 1 amide bonds. The van der Waals surface area contributed by atoms with Crippen molar-refractivity contribution < 1.29 is 13.2 Å². The quantitative estimate of drug-likeness (QED) is 0.484. The van der Waals surface area contributed by atoms with Gasteiger partial charge < -0.3 is 4.90 Å². The van der Waals surface area contributed by atoms with Gasteiger partial charge in [0.1, 0.15) is 11.6 Å². The lowest BCUT2D eigenvalue weighted by atomic mass is 10.2. The van der Waals surface area contributed by atoms with Crippen LogP contribution in [-0.2, 0) is 27.9 Å². The van der Waals surface area contributed by atoms with Crippen LogP contribution in [0, 0.1) is 6.92 Å². The SMILES string of the molecule is Cc1ccc(N(Cc2ccccn2)C(=O)Cn2ncc(Cl)c(Cl)c2=O)cc1S(=O)(=O)N(C)C. The smallest absolute Gasteiger partial charge is 0.287 e. The monoisotopic (exact) mass is 509 g/mol. The molecule has 2 heterocycles. The molecule has 33 heavy (non-hydrogen) atoms. The van der Waals surface area contributed by atoms with Crippen LogP contribution in [0.1, 0.15) is 11.3 Å². The fourth-order valence-electron chi connectivity index (χ4n) is 2.98. The van der Waals surface area contributed by atoms with Crippen LogP contribution in [0.15, 0.2) is 58.5 Å². The van der Waals surface area contributed by atoms with Crippen LogP contribution < -0.4 is 10.5 Å². The van der Waals surface area contributed by atoms with Crippen LogP contribution in [-0.4, -0.2) is 47.5 Å². The van der Waals surface area contributed by atoms with Gasteiger partial charge in [0.2, 0.25) is 15.9 Å². The molecular weight excluding hydrogens is 489 g/mol. The normalized spacial score (nSPS) is 11.6. The van der Waals surface area contributed by atoms with E-state index in [4.69, 9.17) is 23.2 Å². The average molecular weight is 510 g/mol. The predicted molar refractivity (Wildman–Crippen MR) is 126 cm³/mol. The van der Waals surface area contributed by atoms with Crippen molar-refractivity contribution in [2.75, 3.05) is 19.0 Å². The zero-order valence-electron chi connectivity index (χ0n) is 18.1. The molecule has 3 rings (SSSR count). The first kappa shape index (κ1) is 24.8. The lowest BCUT2D eigenvalue weighted by Gasteiger charge is -2.24. The van der Waals surface area contributed by atoms with Gasteiger partial charge in [0, 0.05) is 26.0 Å². The molecule has 2 aromatic heterocycles. The van der Waals surface area contributed by atoms with Gasteiger partial charge >= 0.3 is 0 Å². The van der Waals surface area contributed by atoms with Crippen molar-refractivity contribution in [3.05, 3.63) is 80.4 Å². The molecule has 0 unspecified atom stereocenters. The Hall–Kier alpha value is -2.79. The Bertz CT molecular complexity index is 1340. The maximum atomic E-state index is 13.3. The molecule has 0 bridgehead atoms. The number of nitrogens with zero attached hydrogens (tertiary/aromatic N) is 5. The van der Waals surface area contributed by atoms with Crippen molar-refractivity contribution in [2.45, 2.75) is 24.9 Å². The van der Waals surface area contributed by atoms with Crippen molar-refractivity contribution >= 4 is 44.8 Å². The molecule has 0 radical (unpaired) electrons. The number of carbonyl (C=O) groups is 1. The molecule has 0 fully saturated rings. The molecule has 0 aliphatic heterocycles. The zero-order valence-corrected chi connectivity index (χ0v) is 20.4. The summed E-state index contributed by atoms with van der Waals surface area (Å²) < 4.78 is 27.6. The molecule has 0 aliphatic rings. The van der Waals surface area contributed by atoms with Crippen molar-refractivity contribution in [3.63, 3.8) is 0 Å². The number of benzene rings is 1. The standard InChI is InChI=1S/C21H21Cl2N5O4S/c1-14-7-8-16(10-18(14)33(31,32)26(2)3)27(12-15-6-4-5-9-24-15)19(29)13-28-21(30)20(23)17(22)11-25-28/h4-11H,12-13H2,1-3H3. The van der Waals surface area contributed by atoms with E-state index in [1.54, 1.807) is 43.5 Å². The van der Waals surface area contributed by atoms with Gasteiger partial charge in [-0.15, -0.1) is 0 Å². The fourth-order valence-corrected chi connectivity index (χ4v) is 4.39. The topological polar surface area (TPSA) is 105 Å². The van der Waals surface area contributed by atoms with E-state index in [9.17, 15) is 18.0 Å². The Labute approximate surface area is 201 Å². The number of rotatable bonds is 7. The highest BCUT2D eigenvalue weighted by Gasteiger charge is 2.24. The summed E-state index contributed by atoms with van der Waals surface area (Å²) in [5.74, 6) is -0.523. The molecule has 0 saturated carbocycles. The van der Waals surface area contributed by atoms with Crippen molar-refractivity contribution in [1.82, 2.24) is 19.1 Å². The third kappa shape index (κ3) is 5.41. The van der Waals surface area contributed by atoms with Crippen LogP contribution in [0.25, 0.3) is 0 Å². The Morgan fingerprint density at radius 1 is 1.15 bits per heavy atom. The predicted octanol–water partition coefficient (Wildman–Crippen LogP) is 2.74. The van der Waals surface area contributed by atoms with E-state index in [-0.39, 0.29) is 21.5 Å². The van der Waals surface area contributed by atoms with E-state index in [1.165, 1.54) is 31.3 Å². The second-order valence-corrected chi connectivity index (χ2v) is 10.2. The first-order valence-corrected chi connectivity index (χ1v) is 11.9. The van der Waals surface area contributed by atoms with Gasteiger partial charge in [-0.05, 0) is 36.8 Å². The van der Waals surface area contributed by atoms with Gasteiger partial charge in [0.25, 0.3) is 5.56 Å². The Kier molecular flexibility index (Phi) is 7.53. The summed E-state index contributed by atoms with van der Waals surface area (Å²) in [6, 6.07) is 9.92. The number of sulfonamides is 1. The van der Waals surface area contributed by atoms with Gasteiger partial charge in [-0.1, -0.05) is 35.3 Å². The average Bonchev–Trinajstić information content (AvgIpc) is 2.78. The van der Waals surface area contributed by atoms with Crippen LogP contribution in [0.2, 0.25) is 10.0 Å². The van der Waals surface area contributed by atoms with Gasteiger partial charge in [0.15, 0.2) is 0 Å². The minimum Gasteiger partial charge on any atom is -0.305 e. The highest BCUT2D eigenvalue weighted by Crippen LogP contribution is 2.26. The number of hydrogen-bond acceptors (Lipinski definition) is 6. The van der Waals surface area contributed by atoms with E-state index >= 15 is 0 Å². The first-order valence-electron chi connectivity index (χ1n) is 9.67. The maximum Gasteiger partial charge on any atom is 0.287 e. The Balaban J connectivity index is 2.07. The fraction of sp³-hybridized carbons (Fsp3) is 0.238. The number of aryl methyl sites for hydroxylation is 1. The highest BCUT2D eigenvalue weighted by molar-refractivity contribution is 7.89. The second-order valence-electron chi connectivity index (χ2n) is 7.31. The summed E-state index contributed by atoms with van der Waals surface area (Å²) in [7, 11) is -0.896. The van der Waals surface area contributed by atoms with E-state index in [0.29, 0.717) is 16.9 Å². The van der Waals surface area contributed by atoms with Crippen LogP contribution in [0.4, 0.5) is 5.69 Å². The molecule has 0 saturated heterocycles. The molecule has 0 atom stereocenters. The van der Waals surface area contributed by atoms with Crippen LogP contribution >= 0.6 is 23.2 Å². The number of anilines is 1. The van der Waals surface area contributed by atoms with Gasteiger partial charge in [0.05, 0.1) is 28.4 Å². The zero-order chi connectivity index (χ0) is 24.3. The van der Waals surface area contributed by atoms with Gasteiger partial charge in [-0.25, -0.2) is 17.4 Å². The number of carbonyl (C=O) groups excluding carboxylic acids is 1. The Morgan fingerprint density at radius 3 is 2.52 bits per heavy atom. The van der Waals surface area contributed by atoms with E-state index in [2.05, 4.69) is 10.1 Å². The minimum absolute atomic E-state index is 0.0206. The molecule has 9 nitrogen and oxygen atoms in total. The molecule has 174 valence electrons. The molecule has 3 aromatic rings. The van der Waals surface area contributed by atoms with Gasteiger partial charge in [-0.2, -0.15) is 5.10 Å². The van der Waals surface area contributed by atoms with Crippen molar-refractivity contribution in [3.8, 4) is 0 Å². The molecule has 0 N–H and O–H groups in total. The summed E-state index contributed by atoms with van der Waals surface area (Å²) in [4.78, 5) is 31.3. The first-order chi connectivity index (χ1) is 15.5. The lowest BCUT2D eigenvalue weighted by Crippen LogP contribution is -2.37. The lowest BCUT2D eigenvalue weighted by molar-refractivity contribution is -0.119. The molecule has 0 spiro atoms.